The lowest BCUT2D eigenvalue weighted by atomic mass is 9.88. The first-order chi connectivity index (χ1) is 11.1. The average Bonchev–Trinajstić information content (AvgIpc) is 3.27. The van der Waals surface area contributed by atoms with Gasteiger partial charge in [-0.3, -0.25) is 9.59 Å². The smallest absolute Gasteiger partial charge is 0.316 e. The number of ether oxygens (including phenoxy) is 1. The summed E-state index contributed by atoms with van der Waals surface area (Å²) in [5, 5.41) is 8.84. The van der Waals surface area contributed by atoms with Crippen molar-refractivity contribution in [2.45, 2.75) is 64.9 Å². The Kier molecular flexibility index (Phi) is 4.13. The molecule has 0 aromatic carbocycles. The maximum Gasteiger partial charge on any atom is 0.316 e. The number of carbonyl (C=O) groups excluding carboxylic acids is 1. The van der Waals surface area contributed by atoms with Gasteiger partial charge in [-0.2, -0.15) is 0 Å². The van der Waals surface area contributed by atoms with Gasteiger partial charge in [-0.1, -0.05) is 24.3 Å². The molecule has 4 aliphatic rings. The predicted octanol–water partition coefficient (Wildman–Crippen LogP) is 4.11. The molecule has 0 amide bonds. The number of esters is 1. The van der Waals surface area contributed by atoms with E-state index in [4.69, 9.17) is 9.84 Å². The van der Waals surface area contributed by atoms with Gasteiger partial charge in [0.2, 0.25) is 0 Å². The summed E-state index contributed by atoms with van der Waals surface area (Å²) in [6, 6.07) is 0. The molecule has 4 heteroatoms. The van der Waals surface area contributed by atoms with Crippen molar-refractivity contribution in [1.82, 2.24) is 0 Å². The first-order valence-electron chi connectivity index (χ1n) is 9.00. The highest BCUT2D eigenvalue weighted by atomic mass is 16.6. The molecule has 0 aliphatic heterocycles. The fourth-order valence-corrected chi connectivity index (χ4v) is 4.40. The van der Waals surface area contributed by atoms with Crippen molar-refractivity contribution in [3.8, 4) is 0 Å². The fourth-order valence-electron chi connectivity index (χ4n) is 4.40. The maximum atomic E-state index is 12.0. The summed E-state index contributed by atoms with van der Waals surface area (Å²) in [7, 11) is 0. The molecule has 4 rings (SSSR count). The van der Waals surface area contributed by atoms with Crippen molar-refractivity contribution in [2.75, 3.05) is 0 Å². The van der Waals surface area contributed by atoms with Gasteiger partial charge in [-0.05, 0) is 71.1 Å². The van der Waals surface area contributed by atoms with E-state index in [-0.39, 0.29) is 17.0 Å². The monoisotopic (exact) mass is 332 g/mol. The van der Waals surface area contributed by atoms with Crippen LogP contribution in [-0.4, -0.2) is 22.6 Å². The zero-order valence-electron chi connectivity index (χ0n) is 14.9. The number of allylic oxidation sites excluding steroid dienone is 2. The van der Waals surface area contributed by atoms with Crippen LogP contribution in [0.5, 0.6) is 0 Å². The van der Waals surface area contributed by atoms with Crippen LogP contribution in [0.4, 0.5) is 0 Å². The van der Waals surface area contributed by atoms with Crippen LogP contribution in [0.3, 0.4) is 0 Å². The Morgan fingerprint density at radius 2 is 1.50 bits per heavy atom. The summed E-state index contributed by atoms with van der Waals surface area (Å²) < 4.78 is 5.45. The number of hydrogen-bond acceptors (Lipinski definition) is 3. The van der Waals surface area contributed by atoms with Crippen LogP contribution in [0.1, 0.15) is 59.3 Å². The zero-order valence-corrected chi connectivity index (χ0v) is 14.9. The second kappa shape index (κ2) is 5.75. The molecule has 4 bridgehead atoms. The maximum absolute atomic E-state index is 12.0. The number of rotatable bonds is 2. The van der Waals surface area contributed by atoms with E-state index in [0.29, 0.717) is 11.8 Å². The Morgan fingerprint density at radius 3 is 1.75 bits per heavy atom. The molecule has 0 radical (unpaired) electrons. The number of carbonyl (C=O) groups is 2. The van der Waals surface area contributed by atoms with Crippen LogP contribution >= 0.6 is 0 Å². The van der Waals surface area contributed by atoms with Gasteiger partial charge >= 0.3 is 11.9 Å². The topological polar surface area (TPSA) is 63.6 Å². The average molecular weight is 332 g/mol. The molecule has 24 heavy (non-hydrogen) atoms. The van der Waals surface area contributed by atoms with E-state index in [9.17, 15) is 9.59 Å². The SMILES string of the molecule is CC(C)(C)OC(=O)C12C=CC(CC1)C2.O=C(O)C12C=CC(CC1)C2. The third kappa shape index (κ3) is 3.15. The van der Waals surface area contributed by atoms with E-state index in [1.165, 1.54) is 0 Å². The Labute approximate surface area is 144 Å². The van der Waals surface area contributed by atoms with Crippen LogP contribution in [0, 0.1) is 22.7 Å². The van der Waals surface area contributed by atoms with Gasteiger partial charge < -0.3 is 9.84 Å². The van der Waals surface area contributed by atoms with Crippen molar-refractivity contribution in [1.29, 1.82) is 0 Å². The summed E-state index contributed by atoms with van der Waals surface area (Å²) in [6.45, 7) is 5.77. The second-order valence-corrected chi connectivity index (χ2v) is 8.84. The van der Waals surface area contributed by atoms with E-state index < -0.39 is 11.4 Å². The molecule has 2 saturated carbocycles. The Bertz CT molecular complexity index is 597. The lowest BCUT2D eigenvalue weighted by Gasteiger charge is -2.27. The minimum atomic E-state index is -0.635. The number of hydrogen-bond donors (Lipinski definition) is 1. The quantitative estimate of drug-likeness (QED) is 0.610. The molecule has 0 spiro atoms. The van der Waals surface area contributed by atoms with Gasteiger partial charge in [0.1, 0.15) is 5.60 Å². The normalized spacial score (nSPS) is 38.1. The van der Waals surface area contributed by atoms with Crippen molar-refractivity contribution in [3.05, 3.63) is 24.3 Å². The standard InChI is InChI=1S/C12H18O2.C8H10O2/c1-11(2,3)14-10(13)12-6-4-9(8-12)5-7-12;9-7(10)8-3-1-6(5-8)2-4-8/h4,6,9H,5,7-8H2,1-3H3;1,3,6H,2,4-5H2,(H,9,10). The van der Waals surface area contributed by atoms with Crippen molar-refractivity contribution in [2.24, 2.45) is 22.7 Å². The highest BCUT2D eigenvalue weighted by Gasteiger charge is 2.48. The number of fused-ring (bicyclic) bond motifs is 4. The van der Waals surface area contributed by atoms with Gasteiger partial charge in [-0.15, -0.1) is 0 Å². The first-order valence-corrected chi connectivity index (χ1v) is 9.00. The summed E-state index contributed by atoms with van der Waals surface area (Å²) in [5.74, 6) is 0.531. The van der Waals surface area contributed by atoms with Gasteiger partial charge in [0.15, 0.2) is 0 Å². The summed E-state index contributed by atoms with van der Waals surface area (Å²) in [6.07, 6.45) is 14.0. The highest BCUT2D eigenvalue weighted by molar-refractivity contribution is 5.81. The molecule has 4 unspecified atom stereocenters. The molecular weight excluding hydrogens is 304 g/mol. The van der Waals surface area contributed by atoms with Crippen LogP contribution in [0.2, 0.25) is 0 Å². The Hall–Kier alpha value is -1.58. The van der Waals surface area contributed by atoms with E-state index >= 15 is 0 Å². The predicted molar refractivity (Wildman–Crippen MR) is 91.3 cm³/mol. The first kappa shape index (κ1) is 17.2. The molecule has 4 aliphatic carbocycles. The van der Waals surface area contributed by atoms with E-state index in [2.05, 4.69) is 18.2 Å². The molecule has 0 saturated heterocycles. The lowest BCUT2D eigenvalue weighted by molar-refractivity contribution is -0.164. The highest BCUT2D eigenvalue weighted by Crippen LogP contribution is 2.50. The minimum Gasteiger partial charge on any atom is -0.481 e. The van der Waals surface area contributed by atoms with E-state index in [1.807, 2.05) is 26.8 Å². The minimum absolute atomic E-state index is 0.0266. The lowest BCUT2D eigenvalue weighted by Crippen LogP contribution is -2.34. The van der Waals surface area contributed by atoms with E-state index in [0.717, 1.165) is 38.5 Å². The second-order valence-electron chi connectivity index (χ2n) is 8.84. The third-order valence-corrected chi connectivity index (χ3v) is 5.78. The van der Waals surface area contributed by atoms with Crippen LogP contribution < -0.4 is 0 Å². The summed E-state index contributed by atoms with van der Waals surface area (Å²) in [5.41, 5.74) is -1.08. The van der Waals surface area contributed by atoms with Gasteiger partial charge in [0, 0.05) is 0 Å². The number of aliphatic carboxylic acids is 1. The molecule has 0 aromatic heterocycles. The summed E-state index contributed by atoms with van der Waals surface area (Å²) in [4.78, 5) is 22.7. The molecule has 0 heterocycles. The van der Waals surface area contributed by atoms with Crippen LogP contribution in [0.25, 0.3) is 0 Å². The zero-order chi connectivity index (χ0) is 17.6. The molecule has 4 nitrogen and oxygen atoms in total. The van der Waals surface area contributed by atoms with Gasteiger partial charge in [0.05, 0.1) is 10.8 Å². The molecule has 4 atom stereocenters. The Morgan fingerprint density at radius 1 is 1.00 bits per heavy atom. The molecule has 1 N–H and O–H groups in total. The van der Waals surface area contributed by atoms with Crippen molar-refractivity contribution < 1.29 is 19.4 Å². The largest absolute Gasteiger partial charge is 0.481 e. The van der Waals surface area contributed by atoms with E-state index in [1.54, 1.807) is 0 Å². The van der Waals surface area contributed by atoms with Gasteiger partial charge in [-0.25, -0.2) is 0 Å². The summed E-state index contributed by atoms with van der Waals surface area (Å²) >= 11 is 0. The third-order valence-electron chi connectivity index (χ3n) is 5.78. The number of carboxylic acid groups (broad SMARTS) is 1. The molecule has 132 valence electrons. The number of carboxylic acids is 1. The van der Waals surface area contributed by atoms with Crippen LogP contribution in [0.15, 0.2) is 24.3 Å². The molecule has 0 aromatic rings. The van der Waals surface area contributed by atoms with Crippen LogP contribution in [-0.2, 0) is 14.3 Å². The molecular formula is C20H28O4. The van der Waals surface area contributed by atoms with Crippen molar-refractivity contribution in [3.63, 3.8) is 0 Å². The van der Waals surface area contributed by atoms with Gasteiger partial charge in [0.25, 0.3) is 0 Å². The Balaban J connectivity index is 0.000000149. The molecule has 2 fully saturated rings. The van der Waals surface area contributed by atoms with Crippen molar-refractivity contribution >= 4 is 11.9 Å². The fraction of sp³-hybridized carbons (Fsp3) is 0.700.